The molecule has 0 amide bonds. The summed E-state index contributed by atoms with van der Waals surface area (Å²) in [6.45, 7) is 1.56. The van der Waals surface area contributed by atoms with Crippen molar-refractivity contribution < 1.29 is 23.1 Å². The molecule has 114 valence electrons. The molecule has 0 bridgehead atoms. The van der Waals surface area contributed by atoms with Crippen LogP contribution in [-0.2, 0) is 10.0 Å². The number of nitrogens with one attached hydrogen (secondary N) is 1. The highest BCUT2D eigenvalue weighted by molar-refractivity contribution is 7.93. The third-order valence-electron chi connectivity index (χ3n) is 2.66. The summed E-state index contributed by atoms with van der Waals surface area (Å²) in [6.07, 6.45) is 0.105. The lowest BCUT2D eigenvalue weighted by molar-refractivity contribution is 0.0693. The van der Waals surface area contributed by atoms with Crippen molar-refractivity contribution >= 4 is 33.3 Å². The number of rotatable bonds is 6. The Kier molecular flexibility index (Phi) is 5.41. The van der Waals surface area contributed by atoms with Crippen LogP contribution in [0.4, 0.5) is 5.69 Å². The summed E-state index contributed by atoms with van der Waals surface area (Å²) in [5.74, 6) is -1.30. The zero-order valence-corrected chi connectivity index (χ0v) is 12.8. The van der Waals surface area contributed by atoms with Gasteiger partial charge in [-0.05, 0) is 12.5 Å². The van der Waals surface area contributed by atoms with Gasteiger partial charge in [-0.2, -0.15) is 5.26 Å². The molecule has 1 aromatic rings. The van der Waals surface area contributed by atoms with Gasteiger partial charge in [-0.1, -0.05) is 18.5 Å². The average Bonchev–Trinajstić information content (AvgIpc) is 2.41. The van der Waals surface area contributed by atoms with E-state index >= 15 is 0 Å². The molecule has 0 aliphatic carbocycles. The summed E-state index contributed by atoms with van der Waals surface area (Å²) in [4.78, 5) is 11.0. The van der Waals surface area contributed by atoms with E-state index in [1.54, 1.807) is 13.0 Å². The standard InChI is InChI=1S/C12H13ClN2O5S/c1-3-7(6-14)21(18,19)15-10-5-11(20-2)8(12(16)17)4-9(10)13/h4-5,7,15H,3H2,1-2H3,(H,16,17). The molecule has 0 fully saturated rings. The third-order valence-corrected chi connectivity index (χ3v) is 4.67. The fourth-order valence-electron chi connectivity index (χ4n) is 1.57. The number of nitrogens with zero attached hydrogens (tertiary/aromatic N) is 1. The Morgan fingerprint density at radius 2 is 2.19 bits per heavy atom. The molecule has 0 aromatic heterocycles. The number of ether oxygens (including phenoxy) is 1. The highest BCUT2D eigenvalue weighted by atomic mass is 35.5. The van der Waals surface area contributed by atoms with Crippen molar-refractivity contribution in [1.29, 1.82) is 5.26 Å². The number of methoxy groups -OCH3 is 1. The lowest BCUT2D eigenvalue weighted by atomic mass is 10.2. The summed E-state index contributed by atoms with van der Waals surface area (Å²) in [6, 6.07) is 3.91. The van der Waals surface area contributed by atoms with Crippen molar-refractivity contribution in [2.45, 2.75) is 18.6 Å². The Morgan fingerprint density at radius 1 is 1.57 bits per heavy atom. The molecule has 7 nitrogen and oxygen atoms in total. The van der Waals surface area contributed by atoms with Crippen molar-refractivity contribution in [1.82, 2.24) is 0 Å². The van der Waals surface area contributed by atoms with E-state index in [0.717, 1.165) is 12.1 Å². The zero-order chi connectivity index (χ0) is 16.2. The maximum atomic E-state index is 12.0. The minimum Gasteiger partial charge on any atom is -0.496 e. The first kappa shape index (κ1) is 17.1. The van der Waals surface area contributed by atoms with Crippen LogP contribution in [-0.4, -0.2) is 31.9 Å². The summed E-state index contributed by atoms with van der Waals surface area (Å²) >= 11 is 5.87. The van der Waals surface area contributed by atoms with Crippen LogP contribution in [0.3, 0.4) is 0 Å². The van der Waals surface area contributed by atoms with Crippen LogP contribution in [0.5, 0.6) is 5.75 Å². The van der Waals surface area contributed by atoms with Gasteiger partial charge in [0.05, 0.1) is 23.9 Å². The first-order valence-corrected chi connectivity index (χ1v) is 7.71. The summed E-state index contributed by atoms with van der Waals surface area (Å²) in [7, 11) is -2.71. The largest absolute Gasteiger partial charge is 0.496 e. The predicted octanol–water partition coefficient (Wildman–Crippen LogP) is 2.09. The lowest BCUT2D eigenvalue weighted by Gasteiger charge is -2.14. The van der Waals surface area contributed by atoms with E-state index in [-0.39, 0.29) is 28.4 Å². The fourth-order valence-corrected chi connectivity index (χ4v) is 3.03. The van der Waals surface area contributed by atoms with Crippen molar-refractivity contribution in [3.05, 3.63) is 22.7 Å². The molecule has 0 heterocycles. The molecule has 1 atom stereocenters. The van der Waals surface area contributed by atoms with E-state index in [1.807, 2.05) is 0 Å². The van der Waals surface area contributed by atoms with Crippen molar-refractivity contribution in [3.8, 4) is 11.8 Å². The monoisotopic (exact) mass is 332 g/mol. The Hall–Kier alpha value is -1.98. The van der Waals surface area contributed by atoms with E-state index in [2.05, 4.69) is 4.72 Å². The number of sulfonamides is 1. The van der Waals surface area contributed by atoms with Crippen LogP contribution in [0.15, 0.2) is 12.1 Å². The number of nitriles is 1. The van der Waals surface area contributed by atoms with Gasteiger partial charge in [0, 0.05) is 6.07 Å². The van der Waals surface area contributed by atoms with Crippen molar-refractivity contribution in [2.75, 3.05) is 11.8 Å². The molecule has 1 unspecified atom stereocenters. The molecular formula is C12H13ClN2O5S. The molecule has 1 rings (SSSR count). The first-order chi connectivity index (χ1) is 9.76. The molecule has 9 heteroatoms. The number of benzene rings is 1. The summed E-state index contributed by atoms with van der Waals surface area (Å²) in [5.41, 5.74) is -0.245. The van der Waals surface area contributed by atoms with Crippen LogP contribution in [0.1, 0.15) is 23.7 Å². The van der Waals surface area contributed by atoms with Gasteiger partial charge < -0.3 is 9.84 Å². The minimum atomic E-state index is -3.95. The number of hydrogen-bond donors (Lipinski definition) is 2. The molecular weight excluding hydrogens is 320 g/mol. The number of aromatic carboxylic acids is 1. The number of hydrogen-bond acceptors (Lipinski definition) is 5. The number of carboxylic acids is 1. The Balaban J connectivity index is 3.28. The molecule has 0 saturated heterocycles. The second kappa shape index (κ2) is 6.65. The Morgan fingerprint density at radius 3 is 2.62 bits per heavy atom. The maximum absolute atomic E-state index is 12.0. The number of carbonyl (C=O) groups is 1. The minimum absolute atomic E-state index is 0.0467. The van der Waals surface area contributed by atoms with Crippen molar-refractivity contribution in [3.63, 3.8) is 0 Å². The Bertz CT molecular complexity index is 696. The van der Waals surface area contributed by atoms with Gasteiger partial charge in [0.2, 0.25) is 10.0 Å². The van der Waals surface area contributed by atoms with Crippen LogP contribution in [0, 0.1) is 11.3 Å². The molecule has 0 spiro atoms. The first-order valence-electron chi connectivity index (χ1n) is 5.78. The topological polar surface area (TPSA) is 116 Å². The molecule has 21 heavy (non-hydrogen) atoms. The number of halogens is 1. The van der Waals surface area contributed by atoms with Gasteiger partial charge in [-0.3, -0.25) is 4.72 Å². The van der Waals surface area contributed by atoms with E-state index in [0.29, 0.717) is 0 Å². The van der Waals surface area contributed by atoms with E-state index in [9.17, 15) is 13.2 Å². The smallest absolute Gasteiger partial charge is 0.339 e. The average molecular weight is 333 g/mol. The molecule has 2 N–H and O–H groups in total. The SMILES string of the molecule is CCC(C#N)S(=O)(=O)Nc1cc(OC)c(C(=O)O)cc1Cl. The van der Waals surface area contributed by atoms with Crippen LogP contribution < -0.4 is 9.46 Å². The summed E-state index contributed by atoms with van der Waals surface area (Å²) < 4.78 is 31.0. The normalized spacial score (nSPS) is 12.3. The second-order valence-electron chi connectivity index (χ2n) is 4.01. The van der Waals surface area contributed by atoms with Crippen molar-refractivity contribution in [2.24, 2.45) is 0 Å². The third kappa shape index (κ3) is 3.77. The highest BCUT2D eigenvalue weighted by Gasteiger charge is 2.25. The lowest BCUT2D eigenvalue weighted by Crippen LogP contribution is -2.26. The number of anilines is 1. The van der Waals surface area contributed by atoms with E-state index in [1.165, 1.54) is 7.11 Å². The fraction of sp³-hybridized carbons (Fsp3) is 0.333. The van der Waals surface area contributed by atoms with E-state index < -0.39 is 21.2 Å². The molecule has 0 aliphatic rings. The molecule has 0 saturated carbocycles. The quantitative estimate of drug-likeness (QED) is 0.823. The van der Waals surface area contributed by atoms with Gasteiger partial charge in [-0.25, -0.2) is 13.2 Å². The van der Waals surface area contributed by atoms with Crippen LogP contribution in [0.2, 0.25) is 5.02 Å². The molecule has 1 aromatic carbocycles. The van der Waals surface area contributed by atoms with Gasteiger partial charge in [0.15, 0.2) is 5.25 Å². The Labute approximate surface area is 127 Å². The zero-order valence-electron chi connectivity index (χ0n) is 11.3. The maximum Gasteiger partial charge on any atom is 0.339 e. The van der Waals surface area contributed by atoms with Gasteiger partial charge in [0.1, 0.15) is 11.3 Å². The predicted molar refractivity (Wildman–Crippen MR) is 77.2 cm³/mol. The van der Waals surface area contributed by atoms with Crippen LogP contribution >= 0.6 is 11.6 Å². The van der Waals surface area contributed by atoms with E-state index in [4.69, 9.17) is 26.7 Å². The van der Waals surface area contributed by atoms with Gasteiger partial charge >= 0.3 is 5.97 Å². The second-order valence-corrected chi connectivity index (χ2v) is 6.28. The molecule has 0 radical (unpaired) electrons. The van der Waals surface area contributed by atoms with Gasteiger partial charge in [0.25, 0.3) is 0 Å². The highest BCUT2D eigenvalue weighted by Crippen LogP contribution is 2.32. The summed E-state index contributed by atoms with van der Waals surface area (Å²) in [5, 5.41) is 16.5. The van der Waals surface area contributed by atoms with Gasteiger partial charge in [-0.15, -0.1) is 0 Å². The number of carboxylic acid groups (broad SMARTS) is 1. The van der Waals surface area contributed by atoms with Crippen LogP contribution in [0.25, 0.3) is 0 Å². The molecule has 0 aliphatic heterocycles.